The third kappa shape index (κ3) is 4.87. The van der Waals surface area contributed by atoms with Crippen molar-refractivity contribution in [3.8, 4) is 22.7 Å². The minimum atomic E-state index is -0.0498. The van der Waals surface area contributed by atoms with Crippen LogP contribution in [0.15, 0.2) is 60.7 Å². The highest BCUT2D eigenvalue weighted by atomic mass is 16.5. The van der Waals surface area contributed by atoms with E-state index in [1.165, 1.54) is 0 Å². The second kappa shape index (κ2) is 9.43. The first-order valence-corrected chi connectivity index (χ1v) is 9.95. The molecule has 0 bridgehead atoms. The summed E-state index contributed by atoms with van der Waals surface area (Å²) in [6.45, 7) is 6.01. The zero-order valence-corrected chi connectivity index (χ0v) is 17.6. The molecule has 5 nitrogen and oxygen atoms in total. The number of likely N-dealkylation sites (N-methyl/N-ethyl adjacent to an activating group) is 1. The fraction of sp³-hybridized carbons (Fsp3) is 0.292. The van der Waals surface area contributed by atoms with Crippen LogP contribution in [0, 0.1) is 6.92 Å². The van der Waals surface area contributed by atoms with Crippen molar-refractivity contribution in [1.29, 1.82) is 0 Å². The number of hydrogen-bond donors (Lipinski definition) is 1. The Bertz CT molecular complexity index is 944. The summed E-state index contributed by atoms with van der Waals surface area (Å²) in [7, 11) is 3.99. The number of nitrogens with one attached hydrogen (secondary N) is 1. The Morgan fingerprint density at radius 1 is 1.07 bits per heavy atom. The Morgan fingerprint density at radius 2 is 1.76 bits per heavy atom. The van der Waals surface area contributed by atoms with Gasteiger partial charge in [0.1, 0.15) is 5.75 Å². The lowest BCUT2D eigenvalue weighted by Gasteiger charge is -2.13. The van der Waals surface area contributed by atoms with Crippen LogP contribution >= 0.6 is 0 Å². The van der Waals surface area contributed by atoms with Gasteiger partial charge in [0.05, 0.1) is 17.9 Å². The van der Waals surface area contributed by atoms with E-state index in [1.54, 1.807) is 0 Å². The molecule has 0 radical (unpaired) electrons. The van der Waals surface area contributed by atoms with Gasteiger partial charge in [-0.15, -0.1) is 0 Å². The van der Waals surface area contributed by atoms with Gasteiger partial charge in [0.2, 0.25) is 0 Å². The molecule has 1 aromatic heterocycles. The van der Waals surface area contributed by atoms with Gasteiger partial charge < -0.3 is 19.5 Å². The van der Waals surface area contributed by atoms with Crippen molar-refractivity contribution in [3.63, 3.8) is 0 Å². The number of amides is 1. The maximum Gasteiger partial charge on any atom is 0.253 e. The number of aromatic nitrogens is 1. The summed E-state index contributed by atoms with van der Waals surface area (Å²) in [6.07, 6.45) is 0. The van der Waals surface area contributed by atoms with E-state index in [0.29, 0.717) is 18.7 Å². The summed E-state index contributed by atoms with van der Waals surface area (Å²) >= 11 is 0. The zero-order valence-electron chi connectivity index (χ0n) is 17.6. The average molecular weight is 392 g/mol. The predicted molar refractivity (Wildman–Crippen MR) is 118 cm³/mol. The molecule has 29 heavy (non-hydrogen) atoms. The van der Waals surface area contributed by atoms with E-state index >= 15 is 0 Å². The lowest BCUT2D eigenvalue weighted by atomic mass is 10.1. The summed E-state index contributed by atoms with van der Waals surface area (Å²) in [4.78, 5) is 14.9. The monoisotopic (exact) mass is 391 g/mol. The van der Waals surface area contributed by atoms with Gasteiger partial charge in [0.25, 0.3) is 5.91 Å². The van der Waals surface area contributed by atoms with Gasteiger partial charge in [0, 0.05) is 24.5 Å². The van der Waals surface area contributed by atoms with E-state index in [4.69, 9.17) is 4.74 Å². The summed E-state index contributed by atoms with van der Waals surface area (Å²) in [5, 5.41) is 3.03. The first-order chi connectivity index (χ1) is 14.0. The molecule has 0 aliphatic rings. The van der Waals surface area contributed by atoms with Gasteiger partial charge >= 0.3 is 0 Å². The SMILES string of the molecule is CCOc1ccc(-n2c(-c3ccccc3)cc(C(=O)NCCN(C)C)c2C)cc1. The minimum absolute atomic E-state index is 0.0498. The zero-order chi connectivity index (χ0) is 20.8. The second-order valence-corrected chi connectivity index (χ2v) is 7.22. The van der Waals surface area contributed by atoms with Crippen LogP contribution in [0.1, 0.15) is 23.0 Å². The molecular weight excluding hydrogens is 362 g/mol. The van der Waals surface area contributed by atoms with Crippen LogP contribution < -0.4 is 10.1 Å². The van der Waals surface area contributed by atoms with E-state index in [-0.39, 0.29) is 5.91 Å². The quantitative estimate of drug-likeness (QED) is 0.628. The van der Waals surface area contributed by atoms with Crippen LogP contribution in [0.3, 0.4) is 0 Å². The topological polar surface area (TPSA) is 46.5 Å². The van der Waals surface area contributed by atoms with Gasteiger partial charge in [-0.05, 0) is 63.8 Å². The molecule has 3 rings (SSSR count). The highest BCUT2D eigenvalue weighted by Crippen LogP contribution is 2.30. The van der Waals surface area contributed by atoms with E-state index < -0.39 is 0 Å². The third-order valence-corrected chi connectivity index (χ3v) is 4.81. The van der Waals surface area contributed by atoms with Crippen LogP contribution in [-0.4, -0.2) is 49.2 Å². The molecule has 0 aliphatic heterocycles. The molecular formula is C24H29N3O2. The normalized spacial score (nSPS) is 10.9. The molecule has 152 valence electrons. The molecule has 1 heterocycles. The predicted octanol–water partition coefficient (Wildman–Crippen LogP) is 4.14. The molecule has 0 aliphatic carbocycles. The Morgan fingerprint density at radius 3 is 2.38 bits per heavy atom. The van der Waals surface area contributed by atoms with Gasteiger partial charge in [0.15, 0.2) is 0 Å². The number of nitrogens with zero attached hydrogens (tertiary/aromatic N) is 2. The number of hydrogen-bond acceptors (Lipinski definition) is 3. The summed E-state index contributed by atoms with van der Waals surface area (Å²) in [6, 6.07) is 20.1. The number of carbonyl (C=O) groups is 1. The lowest BCUT2D eigenvalue weighted by molar-refractivity contribution is 0.0950. The molecule has 1 amide bonds. The Hall–Kier alpha value is -3.05. The van der Waals surface area contributed by atoms with Gasteiger partial charge in [-0.1, -0.05) is 30.3 Å². The van der Waals surface area contributed by atoms with Crippen LogP contribution in [0.5, 0.6) is 5.75 Å². The van der Waals surface area contributed by atoms with Crippen molar-refractivity contribution in [2.75, 3.05) is 33.8 Å². The van der Waals surface area contributed by atoms with Crippen LogP contribution in [0.2, 0.25) is 0 Å². The molecule has 2 aromatic carbocycles. The van der Waals surface area contributed by atoms with Crippen molar-refractivity contribution in [2.24, 2.45) is 0 Å². The van der Waals surface area contributed by atoms with Crippen molar-refractivity contribution >= 4 is 5.91 Å². The smallest absolute Gasteiger partial charge is 0.253 e. The Kier molecular flexibility index (Phi) is 6.73. The molecule has 0 saturated heterocycles. The molecule has 5 heteroatoms. The molecule has 1 N–H and O–H groups in total. The number of ether oxygens (including phenoxy) is 1. The maximum absolute atomic E-state index is 12.9. The second-order valence-electron chi connectivity index (χ2n) is 7.22. The summed E-state index contributed by atoms with van der Waals surface area (Å²) in [5.41, 5.74) is 4.66. The average Bonchev–Trinajstić information content (AvgIpc) is 3.06. The van der Waals surface area contributed by atoms with Crippen LogP contribution in [-0.2, 0) is 0 Å². The number of carbonyl (C=O) groups excluding carboxylic acids is 1. The molecule has 0 saturated carbocycles. The van der Waals surface area contributed by atoms with Crippen molar-refractivity contribution in [3.05, 3.63) is 71.9 Å². The van der Waals surface area contributed by atoms with Crippen molar-refractivity contribution in [2.45, 2.75) is 13.8 Å². The van der Waals surface area contributed by atoms with E-state index in [0.717, 1.165) is 34.9 Å². The van der Waals surface area contributed by atoms with Crippen molar-refractivity contribution in [1.82, 2.24) is 14.8 Å². The van der Waals surface area contributed by atoms with Crippen molar-refractivity contribution < 1.29 is 9.53 Å². The third-order valence-electron chi connectivity index (χ3n) is 4.81. The Balaban J connectivity index is 2.01. The first kappa shape index (κ1) is 20.7. The first-order valence-electron chi connectivity index (χ1n) is 9.95. The van der Waals surface area contributed by atoms with Gasteiger partial charge in [-0.3, -0.25) is 4.79 Å². The van der Waals surface area contributed by atoms with E-state index in [1.807, 2.05) is 81.4 Å². The molecule has 3 aromatic rings. The number of benzene rings is 2. The lowest BCUT2D eigenvalue weighted by Crippen LogP contribution is -2.31. The maximum atomic E-state index is 12.9. The summed E-state index contributed by atoms with van der Waals surface area (Å²) in [5.74, 6) is 0.787. The van der Waals surface area contributed by atoms with Crippen LogP contribution in [0.4, 0.5) is 0 Å². The fourth-order valence-electron chi connectivity index (χ4n) is 3.34. The number of rotatable bonds is 8. The largest absolute Gasteiger partial charge is 0.494 e. The molecule has 0 fully saturated rings. The highest BCUT2D eigenvalue weighted by Gasteiger charge is 2.19. The molecule has 0 spiro atoms. The van der Waals surface area contributed by atoms with Gasteiger partial charge in [-0.25, -0.2) is 0 Å². The van der Waals surface area contributed by atoms with E-state index in [9.17, 15) is 4.79 Å². The molecule has 0 atom stereocenters. The van der Waals surface area contributed by atoms with E-state index in [2.05, 4.69) is 22.0 Å². The fourth-order valence-corrected chi connectivity index (χ4v) is 3.34. The summed E-state index contributed by atoms with van der Waals surface area (Å²) < 4.78 is 7.70. The van der Waals surface area contributed by atoms with Crippen LogP contribution in [0.25, 0.3) is 16.9 Å². The standard InChI is InChI=1S/C24H29N3O2/c1-5-29-21-13-11-20(12-14-21)27-18(2)22(24(28)25-15-16-26(3)4)17-23(27)19-9-7-6-8-10-19/h6-14,17H,5,15-16H2,1-4H3,(H,25,28). The highest BCUT2D eigenvalue weighted by molar-refractivity contribution is 5.97. The Labute approximate surface area is 172 Å². The molecule has 0 unspecified atom stereocenters. The van der Waals surface area contributed by atoms with Gasteiger partial charge in [-0.2, -0.15) is 0 Å². The minimum Gasteiger partial charge on any atom is -0.494 e.